The number of ether oxygens (including phenoxy) is 2. The lowest BCUT2D eigenvalue weighted by Gasteiger charge is -2.35. The predicted molar refractivity (Wildman–Crippen MR) is 122 cm³/mol. The van der Waals surface area contributed by atoms with E-state index in [1.54, 1.807) is 19.2 Å². The van der Waals surface area contributed by atoms with Gasteiger partial charge in [0.15, 0.2) is 5.82 Å². The van der Waals surface area contributed by atoms with Crippen LogP contribution in [-0.4, -0.2) is 79.9 Å². The van der Waals surface area contributed by atoms with E-state index in [-0.39, 0.29) is 12.0 Å². The minimum absolute atomic E-state index is 0.144. The number of nitrogens with two attached hydrogens (primary N) is 1. The minimum Gasteiger partial charge on any atom is -0.481 e. The highest BCUT2D eigenvalue weighted by Crippen LogP contribution is 2.33. The first-order valence-electron chi connectivity index (χ1n) is 10.7. The first-order chi connectivity index (χ1) is 15.2. The van der Waals surface area contributed by atoms with E-state index in [0.29, 0.717) is 56.7 Å². The maximum absolute atomic E-state index is 11.9. The molecule has 0 unspecified atom stereocenters. The number of nitrogen functional groups attached to an aromatic ring is 1. The van der Waals surface area contributed by atoms with Crippen LogP contribution in [0.1, 0.15) is 31.4 Å². The molecule has 2 aliphatic rings. The van der Waals surface area contributed by atoms with Crippen molar-refractivity contribution in [2.45, 2.75) is 31.7 Å². The Hall–Kier alpha value is -2.50. The second-order valence-electron chi connectivity index (χ2n) is 8.35. The number of rotatable bonds is 5. The monoisotopic (exact) mass is 462 g/mol. The van der Waals surface area contributed by atoms with E-state index in [9.17, 15) is 8.42 Å². The molecule has 0 aromatic carbocycles. The van der Waals surface area contributed by atoms with Gasteiger partial charge in [0, 0.05) is 48.9 Å². The van der Waals surface area contributed by atoms with Crippen LogP contribution in [0.3, 0.4) is 0 Å². The van der Waals surface area contributed by atoms with Crippen molar-refractivity contribution in [2.24, 2.45) is 0 Å². The molecule has 0 amide bonds. The molecule has 11 heteroatoms. The highest BCUT2D eigenvalue weighted by molar-refractivity contribution is 7.88. The van der Waals surface area contributed by atoms with Gasteiger partial charge >= 0.3 is 0 Å². The quantitative estimate of drug-likeness (QED) is 0.704. The number of pyridine rings is 1. The van der Waals surface area contributed by atoms with Crippen LogP contribution in [0, 0.1) is 0 Å². The van der Waals surface area contributed by atoms with Crippen LogP contribution in [-0.2, 0) is 14.8 Å². The molecule has 0 spiro atoms. The van der Waals surface area contributed by atoms with Crippen LogP contribution < -0.4 is 15.4 Å². The first kappa shape index (κ1) is 22.7. The molecule has 4 rings (SSSR count). The maximum Gasteiger partial charge on any atom is 0.215 e. The maximum atomic E-state index is 11.9. The normalized spacial score (nSPS) is 21.0. The second kappa shape index (κ2) is 9.16. The van der Waals surface area contributed by atoms with Gasteiger partial charge in [-0.05, 0) is 25.8 Å². The molecule has 0 bridgehead atoms. The van der Waals surface area contributed by atoms with Gasteiger partial charge in [-0.15, -0.1) is 0 Å². The highest BCUT2D eigenvalue weighted by Gasteiger charge is 2.29. The van der Waals surface area contributed by atoms with E-state index in [0.717, 1.165) is 23.6 Å². The van der Waals surface area contributed by atoms with Crippen LogP contribution in [0.2, 0.25) is 0 Å². The van der Waals surface area contributed by atoms with Crippen LogP contribution in [0.25, 0.3) is 11.4 Å². The van der Waals surface area contributed by atoms with Gasteiger partial charge in [0.2, 0.25) is 15.9 Å². The molecule has 10 nitrogen and oxygen atoms in total. The van der Waals surface area contributed by atoms with Crippen LogP contribution >= 0.6 is 0 Å². The molecule has 32 heavy (non-hydrogen) atoms. The molecular formula is C21H30N6O4S. The van der Waals surface area contributed by atoms with E-state index < -0.39 is 10.0 Å². The standard InChI is InChI=1S/C21H30N6O4S/c1-14-13-31-9-8-27(14)19-12-17(15-4-6-26(7-5-15)32(3,28)29)23-21(25-19)16-10-18(22)24-20(11-16)30-2/h10-12,14-15H,4-9,13H2,1-3H3,(H2,22,24)/t14-/m1/s1. The van der Waals surface area contributed by atoms with E-state index >= 15 is 0 Å². The number of sulfonamides is 1. The molecule has 2 aromatic heterocycles. The molecule has 0 radical (unpaired) electrons. The van der Waals surface area contributed by atoms with Gasteiger partial charge in [0.1, 0.15) is 11.6 Å². The van der Waals surface area contributed by atoms with Crippen molar-refractivity contribution in [1.82, 2.24) is 19.3 Å². The third-order valence-electron chi connectivity index (χ3n) is 6.02. The number of piperidine rings is 1. The summed E-state index contributed by atoms with van der Waals surface area (Å²) in [6.07, 6.45) is 2.68. The Kier molecular flexibility index (Phi) is 6.50. The molecule has 2 N–H and O–H groups in total. The van der Waals surface area contributed by atoms with Crippen LogP contribution in [0.15, 0.2) is 18.2 Å². The van der Waals surface area contributed by atoms with E-state index in [1.165, 1.54) is 10.6 Å². The summed E-state index contributed by atoms with van der Waals surface area (Å²) in [5.74, 6) is 2.26. The van der Waals surface area contributed by atoms with E-state index in [4.69, 9.17) is 25.2 Å². The van der Waals surface area contributed by atoms with Crippen molar-refractivity contribution in [1.29, 1.82) is 0 Å². The number of hydrogen-bond donors (Lipinski definition) is 1. The molecule has 2 saturated heterocycles. The lowest BCUT2D eigenvalue weighted by molar-refractivity contribution is 0.0985. The third kappa shape index (κ3) is 4.94. The van der Waals surface area contributed by atoms with Crippen molar-refractivity contribution in [3.8, 4) is 17.3 Å². The number of morpholine rings is 1. The van der Waals surface area contributed by atoms with Gasteiger partial charge in [-0.3, -0.25) is 0 Å². The Morgan fingerprint density at radius 1 is 1.12 bits per heavy atom. The molecule has 0 saturated carbocycles. The summed E-state index contributed by atoms with van der Waals surface area (Å²) >= 11 is 0. The lowest BCUT2D eigenvalue weighted by Crippen LogP contribution is -2.44. The first-order valence-corrected chi connectivity index (χ1v) is 12.6. The summed E-state index contributed by atoms with van der Waals surface area (Å²) in [7, 11) is -1.64. The van der Waals surface area contributed by atoms with Gasteiger partial charge in [0.05, 0.1) is 32.6 Å². The van der Waals surface area contributed by atoms with Gasteiger partial charge in [0.25, 0.3) is 0 Å². The van der Waals surface area contributed by atoms with Gasteiger partial charge in [-0.25, -0.2) is 22.7 Å². The average molecular weight is 463 g/mol. The van der Waals surface area contributed by atoms with Crippen molar-refractivity contribution >= 4 is 21.7 Å². The smallest absolute Gasteiger partial charge is 0.215 e. The van der Waals surface area contributed by atoms with Crippen LogP contribution in [0.5, 0.6) is 5.88 Å². The molecule has 4 heterocycles. The SMILES string of the molecule is COc1cc(-c2nc(C3CCN(S(C)(=O)=O)CC3)cc(N3CCOC[C@H]3C)n2)cc(N)n1. The topological polar surface area (TPSA) is 124 Å². The Labute approximate surface area is 188 Å². The number of nitrogens with zero attached hydrogens (tertiary/aromatic N) is 5. The Bertz CT molecular complexity index is 1070. The van der Waals surface area contributed by atoms with E-state index in [1.807, 2.05) is 6.07 Å². The summed E-state index contributed by atoms with van der Waals surface area (Å²) in [5, 5.41) is 0. The molecule has 174 valence electrons. The zero-order valence-electron chi connectivity index (χ0n) is 18.7. The Morgan fingerprint density at radius 2 is 1.88 bits per heavy atom. The largest absolute Gasteiger partial charge is 0.481 e. The van der Waals surface area contributed by atoms with Crippen molar-refractivity contribution in [2.75, 3.05) is 56.8 Å². The Balaban J connectivity index is 1.72. The summed E-state index contributed by atoms with van der Waals surface area (Å²) in [5.41, 5.74) is 7.61. The fourth-order valence-corrected chi connectivity index (χ4v) is 5.12. The predicted octanol–water partition coefficient (Wildman–Crippen LogP) is 1.49. The fourth-order valence-electron chi connectivity index (χ4n) is 4.25. The van der Waals surface area contributed by atoms with E-state index in [2.05, 4.69) is 16.8 Å². The second-order valence-corrected chi connectivity index (χ2v) is 10.3. The third-order valence-corrected chi connectivity index (χ3v) is 7.33. The number of methoxy groups -OCH3 is 1. The Morgan fingerprint density at radius 3 is 2.53 bits per heavy atom. The van der Waals surface area contributed by atoms with Gasteiger partial charge in [-0.2, -0.15) is 4.98 Å². The van der Waals surface area contributed by atoms with Crippen LogP contribution in [0.4, 0.5) is 11.6 Å². The summed E-state index contributed by atoms with van der Waals surface area (Å²) in [6, 6.07) is 5.73. The summed E-state index contributed by atoms with van der Waals surface area (Å²) < 4.78 is 36.2. The minimum atomic E-state index is -3.18. The zero-order chi connectivity index (χ0) is 22.9. The highest BCUT2D eigenvalue weighted by atomic mass is 32.2. The number of anilines is 2. The molecule has 2 aliphatic heterocycles. The molecule has 2 fully saturated rings. The fraction of sp³-hybridized carbons (Fsp3) is 0.571. The van der Waals surface area contributed by atoms with Crippen molar-refractivity contribution in [3.05, 3.63) is 23.9 Å². The zero-order valence-corrected chi connectivity index (χ0v) is 19.5. The number of hydrogen-bond acceptors (Lipinski definition) is 9. The summed E-state index contributed by atoms with van der Waals surface area (Å²) in [6.45, 7) is 5.10. The van der Waals surface area contributed by atoms with Gasteiger partial charge < -0.3 is 20.1 Å². The lowest BCUT2D eigenvalue weighted by atomic mass is 9.94. The number of aromatic nitrogens is 3. The summed E-state index contributed by atoms with van der Waals surface area (Å²) in [4.78, 5) is 16.1. The average Bonchev–Trinajstić information content (AvgIpc) is 2.78. The van der Waals surface area contributed by atoms with Crippen molar-refractivity contribution < 1.29 is 17.9 Å². The van der Waals surface area contributed by atoms with Crippen molar-refractivity contribution in [3.63, 3.8) is 0 Å². The molecule has 2 aromatic rings. The van der Waals surface area contributed by atoms with Gasteiger partial charge in [-0.1, -0.05) is 0 Å². The molecule has 1 atom stereocenters. The molecular weight excluding hydrogens is 432 g/mol. The molecule has 0 aliphatic carbocycles.